The lowest BCUT2D eigenvalue weighted by Crippen LogP contribution is -2.34. The first kappa shape index (κ1) is 16.9. The molecule has 3 aromatic rings. The normalized spacial score (nSPS) is 10.8. The second-order valence-electron chi connectivity index (χ2n) is 5.78. The quantitative estimate of drug-likeness (QED) is 0.704. The number of hydrogen-bond donors (Lipinski definition) is 1. The van der Waals surface area contributed by atoms with E-state index in [1.165, 1.54) is 4.57 Å². The van der Waals surface area contributed by atoms with Crippen molar-refractivity contribution in [2.24, 2.45) is 7.05 Å². The molecule has 0 bridgehead atoms. The Morgan fingerprint density at radius 3 is 2.60 bits per heavy atom. The number of aryl methyl sites for hydroxylation is 1. The number of ether oxygens (including phenoxy) is 1. The number of carbonyl (C=O) groups is 1. The van der Waals surface area contributed by atoms with Gasteiger partial charge in [0.05, 0.1) is 18.7 Å². The summed E-state index contributed by atoms with van der Waals surface area (Å²) in [6.07, 6.45) is 0. The van der Waals surface area contributed by atoms with Crippen LogP contribution in [0, 0.1) is 0 Å². The second kappa shape index (κ2) is 7.77. The van der Waals surface area contributed by atoms with Crippen molar-refractivity contribution in [1.29, 1.82) is 0 Å². The third-order valence-electron chi connectivity index (χ3n) is 4.02. The minimum Gasteiger partial charge on any atom is -0.375 e. The van der Waals surface area contributed by atoms with E-state index in [0.717, 1.165) is 16.5 Å². The van der Waals surface area contributed by atoms with E-state index >= 15 is 0 Å². The Morgan fingerprint density at radius 2 is 1.80 bits per heavy atom. The lowest BCUT2D eigenvalue weighted by atomic mass is 10.1. The molecule has 0 aliphatic heterocycles. The first-order chi connectivity index (χ1) is 12.2. The molecule has 1 N–H and O–H groups in total. The van der Waals surface area contributed by atoms with Crippen LogP contribution in [0.25, 0.3) is 10.9 Å². The first-order valence-electron chi connectivity index (χ1n) is 8.15. The summed E-state index contributed by atoms with van der Waals surface area (Å²) < 4.78 is 7.03. The van der Waals surface area contributed by atoms with Gasteiger partial charge in [0.25, 0.3) is 11.5 Å². The van der Waals surface area contributed by atoms with E-state index in [2.05, 4.69) is 5.32 Å². The molecular weight excluding hydrogens is 316 g/mol. The molecule has 0 fully saturated rings. The van der Waals surface area contributed by atoms with Crippen molar-refractivity contribution in [2.45, 2.75) is 6.61 Å². The molecule has 1 heterocycles. The summed E-state index contributed by atoms with van der Waals surface area (Å²) in [6, 6.07) is 19.0. The number of aromatic nitrogens is 1. The van der Waals surface area contributed by atoms with Gasteiger partial charge in [-0.1, -0.05) is 48.5 Å². The largest absolute Gasteiger partial charge is 0.375 e. The molecule has 128 valence electrons. The molecule has 0 unspecified atom stereocenters. The summed E-state index contributed by atoms with van der Waals surface area (Å²) in [5.74, 6) is -0.380. The van der Waals surface area contributed by atoms with Crippen LogP contribution in [0.1, 0.15) is 15.9 Å². The molecule has 0 radical (unpaired) electrons. The van der Waals surface area contributed by atoms with E-state index in [9.17, 15) is 9.59 Å². The van der Waals surface area contributed by atoms with Crippen LogP contribution in [-0.4, -0.2) is 23.6 Å². The molecule has 5 heteroatoms. The van der Waals surface area contributed by atoms with Crippen LogP contribution < -0.4 is 10.9 Å². The zero-order valence-electron chi connectivity index (χ0n) is 14.1. The maximum Gasteiger partial charge on any atom is 0.263 e. The molecule has 0 saturated carbocycles. The van der Waals surface area contributed by atoms with Crippen LogP contribution >= 0.6 is 0 Å². The van der Waals surface area contributed by atoms with Crippen LogP contribution in [0.4, 0.5) is 0 Å². The topological polar surface area (TPSA) is 60.3 Å². The van der Waals surface area contributed by atoms with Gasteiger partial charge in [0.15, 0.2) is 0 Å². The smallest absolute Gasteiger partial charge is 0.263 e. The molecule has 0 aliphatic carbocycles. The summed E-state index contributed by atoms with van der Waals surface area (Å²) in [4.78, 5) is 24.7. The van der Waals surface area contributed by atoms with E-state index < -0.39 is 0 Å². The summed E-state index contributed by atoms with van der Waals surface area (Å²) in [6.45, 7) is 1.23. The highest BCUT2D eigenvalue weighted by atomic mass is 16.5. The van der Waals surface area contributed by atoms with Gasteiger partial charge in [-0.15, -0.1) is 0 Å². The molecular formula is C20H20N2O3. The molecule has 2 aromatic carbocycles. The molecule has 25 heavy (non-hydrogen) atoms. The number of carbonyl (C=O) groups excluding carboxylic acids is 1. The van der Waals surface area contributed by atoms with Crippen LogP contribution in [0.5, 0.6) is 0 Å². The van der Waals surface area contributed by atoms with Crippen molar-refractivity contribution >= 4 is 16.8 Å². The van der Waals surface area contributed by atoms with E-state index in [-0.39, 0.29) is 17.0 Å². The minimum absolute atomic E-state index is 0.143. The van der Waals surface area contributed by atoms with Crippen LogP contribution in [-0.2, 0) is 18.4 Å². The van der Waals surface area contributed by atoms with Crippen molar-refractivity contribution in [3.8, 4) is 0 Å². The number of hydrogen-bond acceptors (Lipinski definition) is 3. The Hall–Kier alpha value is -2.92. The highest BCUT2D eigenvalue weighted by Crippen LogP contribution is 2.12. The highest BCUT2D eigenvalue weighted by Gasteiger charge is 2.13. The Bertz CT molecular complexity index is 933. The monoisotopic (exact) mass is 336 g/mol. The van der Waals surface area contributed by atoms with Gasteiger partial charge in [-0.3, -0.25) is 9.59 Å². The zero-order valence-corrected chi connectivity index (χ0v) is 14.1. The van der Waals surface area contributed by atoms with Gasteiger partial charge < -0.3 is 14.6 Å². The standard InChI is InChI=1S/C20H20N2O3/c1-22-18-10-6-5-9-16(18)13-17(20(22)24)19(23)21-11-12-25-14-15-7-3-2-4-8-15/h2-10,13H,11-12,14H2,1H3,(H,21,23). The summed E-state index contributed by atoms with van der Waals surface area (Å²) >= 11 is 0. The predicted molar refractivity (Wildman–Crippen MR) is 97.6 cm³/mol. The van der Waals surface area contributed by atoms with Gasteiger partial charge in [0, 0.05) is 13.6 Å². The molecule has 1 amide bonds. The Morgan fingerprint density at radius 1 is 1.08 bits per heavy atom. The average Bonchev–Trinajstić information content (AvgIpc) is 2.65. The fourth-order valence-corrected chi connectivity index (χ4v) is 2.68. The third kappa shape index (κ3) is 3.95. The Kier molecular flexibility index (Phi) is 5.26. The van der Waals surface area contributed by atoms with Gasteiger partial charge in [-0.05, 0) is 23.1 Å². The van der Waals surface area contributed by atoms with E-state index in [0.29, 0.717) is 19.8 Å². The Balaban J connectivity index is 1.59. The molecule has 5 nitrogen and oxygen atoms in total. The lowest BCUT2D eigenvalue weighted by molar-refractivity contribution is 0.0899. The van der Waals surface area contributed by atoms with Gasteiger partial charge in [-0.25, -0.2) is 0 Å². The number of nitrogens with zero attached hydrogens (tertiary/aromatic N) is 1. The van der Waals surface area contributed by atoms with Crippen molar-refractivity contribution in [2.75, 3.05) is 13.2 Å². The fraction of sp³-hybridized carbons (Fsp3) is 0.200. The van der Waals surface area contributed by atoms with Gasteiger partial charge in [-0.2, -0.15) is 0 Å². The highest BCUT2D eigenvalue weighted by molar-refractivity contribution is 5.97. The predicted octanol–water partition coefficient (Wildman–Crippen LogP) is 2.49. The Labute approximate surface area is 145 Å². The molecule has 0 spiro atoms. The van der Waals surface area contributed by atoms with Gasteiger partial charge >= 0.3 is 0 Å². The second-order valence-corrected chi connectivity index (χ2v) is 5.78. The number of pyridine rings is 1. The third-order valence-corrected chi connectivity index (χ3v) is 4.02. The van der Waals surface area contributed by atoms with Crippen LogP contribution in [0.2, 0.25) is 0 Å². The molecule has 0 aliphatic rings. The summed E-state index contributed by atoms with van der Waals surface area (Å²) in [5, 5.41) is 3.60. The van der Waals surface area contributed by atoms with E-state index in [1.807, 2.05) is 54.6 Å². The summed E-state index contributed by atoms with van der Waals surface area (Å²) in [5.41, 5.74) is 1.72. The van der Waals surface area contributed by atoms with Crippen molar-refractivity contribution in [3.05, 3.63) is 82.1 Å². The van der Waals surface area contributed by atoms with Crippen molar-refractivity contribution in [3.63, 3.8) is 0 Å². The molecule has 0 atom stereocenters. The average molecular weight is 336 g/mol. The van der Waals surface area contributed by atoms with E-state index in [4.69, 9.17) is 4.74 Å². The molecule has 3 rings (SSSR count). The van der Waals surface area contributed by atoms with Gasteiger partial charge in [0.1, 0.15) is 5.56 Å². The number of para-hydroxylation sites is 1. The van der Waals surface area contributed by atoms with Crippen LogP contribution in [0.3, 0.4) is 0 Å². The number of rotatable bonds is 6. The lowest BCUT2D eigenvalue weighted by Gasteiger charge is -2.09. The number of nitrogens with one attached hydrogen (secondary N) is 1. The number of benzene rings is 2. The van der Waals surface area contributed by atoms with Gasteiger partial charge in [0.2, 0.25) is 0 Å². The minimum atomic E-state index is -0.380. The number of amides is 1. The summed E-state index contributed by atoms with van der Waals surface area (Å²) in [7, 11) is 1.67. The molecule has 1 aromatic heterocycles. The van der Waals surface area contributed by atoms with E-state index in [1.54, 1.807) is 13.1 Å². The van der Waals surface area contributed by atoms with Crippen molar-refractivity contribution in [1.82, 2.24) is 9.88 Å². The first-order valence-corrected chi connectivity index (χ1v) is 8.15. The SMILES string of the molecule is Cn1c(=O)c(C(=O)NCCOCc2ccccc2)cc2ccccc21. The maximum absolute atomic E-state index is 12.4. The van der Waals surface area contributed by atoms with Crippen LogP contribution in [0.15, 0.2) is 65.5 Å². The molecule has 0 saturated heterocycles. The zero-order chi connectivity index (χ0) is 17.6. The fourth-order valence-electron chi connectivity index (χ4n) is 2.68. The maximum atomic E-state index is 12.4. The number of fused-ring (bicyclic) bond motifs is 1. The van der Waals surface area contributed by atoms with Crippen molar-refractivity contribution < 1.29 is 9.53 Å².